The summed E-state index contributed by atoms with van der Waals surface area (Å²) < 4.78 is 1.05. The molecule has 1 fully saturated rings. The first kappa shape index (κ1) is 15.3. The van der Waals surface area contributed by atoms with Crippen LogP contribution in [-0.2, 0) is 0 Å². The van der Waals surface area contributed by atoms with Gasteiger partial charge in [0.25, 0.3) is 0 Å². The second-order valence-electron chi connectivity index (χ2n) is 4.69. The number of halogens is 1. The second-order valence-corrected chi connectivity index (χ2v) is 5.62. The number of aryl methyl sites for hydroxylation is 1. The Morgan fingerprint density at radius 3 is 2.29 bits per heavy atom. The van der Waals surface area contributed by atoms with E-state index in [1.807, 2.05) is 19.1 Å². The number of benzene rings is 1. The van der Waals surface area contributed by atoms with E-state index in [0.29, 0.717) is 10.6 Å². The van der Waals surface area contributed by atoms with E-state index in [1.54, 1.807) is 6.07 Å². The van der Waals surface area contributed by atoms with Crippen LogP contribution in [0, 0.1) is 6.92 Å². The van der Waals surface area contributed by atoms with Crippen molar-refractivity contribution in [2.75, 3.05) is 0 Å². The van der Waals surface area contributed by atoms with Crippen LogP contribution < -0.4 is 0 Å². The summed E-state index contributed by atoms with van der Waals surface area (Å²) in [5.41, 5.74) is 1.45. The van der Waals surface area contributed by atoms with E-state index in [0.717, 1.165) is 10.2 Å². The fourth-order valence-electron chi connectivity index (χ4n) is 2.07. The monoisotopic (exact) mass is 262 g/mol. The van der Waals surface area contributed by atoms with Crippen LogP contribution in [0.3, 0.4) is 0 Å². The normalized spacial score (nSPS) is 15.4. The van der Waals surface area contributed by atoms with Gasteiger partial charge in [0.1, 0.15) is 0 Å². The maximum absolute atomic E-state index is 11.0. The summed E-state index contributed by atoms with van der Waals surface area (Å²) in [7, 11) is 2.12. The minimum atomic E-state index is -0.0619. The number of carbonyl (C=O) groups is 1. The predicted molar refractivity (Wildman–Crippen MR) is 78.2 cm³/mol. The first-order chi connectivity index (χ1) is 8.02. The summed E-state index contributed by atoms with van der Waals surface area (Å²) in [5.74, 6) is 0. The summed E-state index contributed by atoms with van der Waals surface area (Å²) in [5, 5.41) is 0.519. The SMILES string of the molecule is Cc1cccc(Cl)c1C(=O)P.[Li][CH]1CCCC1. The molecule has 0 amide bonds. The molecule has 2 rings (SSSR count). The van der Waals surface area contributed by atoms with Crippen LogP contribution in [0.25, 0.3) is 0 Å². The molecule has 0 spiro atoms. The van der Waals surface area contributed by atoms with E-state index in [2.05, 4.69) is 27.0 Å². The molecule has 4 heteroatoms. The van der Waals surface area contributed by atoms with E-state index < -0.39 is 0 Å². The molecule has 0 aliphatic heterocycles. The van der Waals surface area contributed by atoms with Gasteiger partial charge in [-0.25, -0.2) is 0 Å². The standard InChI is InChI=1S/C8H8ClOP.C5H9.Li/c1-5-3-2-4-6(9)7(5)8(10)11;1-2-4-5-3-1;/h2-4H,11H2,1H3;1H,2-5H2;. The molecule has 17 heavy (non-hydrogen) atoms. The van der Waals surface area contributed by atoms with Crippen molar-refractivity contribution in [1.29, 1.82) is 0 Å². The zero-order valence-corrected chi connectivity index (χ0v) is 12.4. The third-order valence-electron chi connectivity index (χ3n) is 3.11. The van der Waals surface area contributed by atoms with Crippen molar-refractivity contribution >= 4 is 44.1 Å². The molecular weight excluding hydrogens is 246 g/mol. The van der Waals surface area contributed by atoms with Crippen LogP contribution in [0.4, 0.5) is 0 Å². The van der Waals surface area contributed by atoms with Crippen LogP contribution in [0.2, 0.25) is 9.61 Å². The van der Waals surface area contributed by atoms with Gasteiger partial charge in [-0.05, 0) is 18.6 Å². The Bertz CT molecular complexity index is 369. The quantitative estimate of drug-likeness (QED) is 0.548. The Labute approximate surface area is 120 Å². The minimum absolute atomic E-state index is 0.0619. The Hall–Kier alpha value is 0.207. The van der Waals surface area contributed by atoms with Crippen LogP contribution >= 0.6 is 20.8 Å². The van der Waals surface area contributed by atoms with E-state index in [1.165, 1.54) is 25.7 Å². The number of carbonyl (C=O) groups excluding carboxylic acids is 1. The van der Waals surface area contributed by atoms with Crippen molar-refractivity contribution in [3.63, 3.8) is 0 Å². The maximum atomic E-state index is 11.0. The fraction of sp³-hybridized carbons (Fsp3) is 0.462. The van der Waals surface area contributed by atoms with Crippen molar-refractivity contribution in [1.82, 2.24) is 0 Å². The van der Waals surface area contributed by atoms with E-state index >= 15 is 0 Å². The van der Waals surface area contributed by atoms with E-state index in [9.17, 15) is 4.79 Å². The summed E-state index contributed by atoms with van der Waals surface area (Å²) in [6.45, 7) is 1.86. The third kappa shape index (κ3) is 5.15. The van der Waals surface area contributed by atoms with Gasteiger partial charge >= 0.3 is 48.0 Å². The molecule has 1 nitrogen and oxygen atoms in total. The van der Waals surface area contributed by atoms with E-state index in [-0.39, 0.29) is 5.52 Å². The number of hydrogen-bond acceptors (Lipinski definition) is 1. The number of rotatable bonds is 1. The zero-order valence-electron chi connectivity index (χ0n) is 10.5. The van der Waals surface area contributed by atoms with Crippen LogP contribution in [0.1, 0.15) is 41.6 Å². The van der Waals surface area contributed by atoms with Gasteiger partial charge in [-0.3, -0.25) is 4.79 Å². The van der Waals surface area contributed by atoms with Crippen molar-refractivity contribution < 1.29 is 4.79 Å². The molecule has 1 aromatic rings. The summed E-state index contributed by atoms with van der Waals surface area (Å²) in [6.07, 6.45) is 5.95. The summed E-state index contributed by atoms with van der Waals surface area (Å²) in [4.78, 5) is 11.0. The van der Waals surface area contributed by atoms with Crippen molar-refractivity contribution in [2.45, 2.75) is 37.2 Å². The Morgan fingerprint density at radius 1 is 1.41 bits per heavy atom. The Balaban J connectivity index is 0.000000202. The van der Waals surface area contributed by atoms with Gasteiger partial charge in [-0.1, -0.05) is 33.0 Å². The van der Waals surface area contributed by atoms with Crippen LogP contribution in [0.15, 0.2) is 18.2 Å². The van der Waals surface area contributed by atoms with Gasteiger partial charge in [-0.15, -0.1) is 0 Å². The van der Waals surface area contributed by atoms with Crippen LogP contribution in [-0.4, -0.2) is 23.2 Å². The van der Waals surface area contributed by atoms with Gasteiger partial charge in [0.15, 0.2) is 5.52 Å². The first-order valence-corrected chi connectivity index (χ1v) is 7.02. The molecule has 1 aliphatic rings. The molecule has 1 atom stereocenters. The topological polar surface area (TPSA) is 17.1 Å². The molecule has 1 unspecified atom stereocenters. The average Bonchev–Trinajstić information content (AvgIpc) is 2.69. The van der Waals surface area contributed by atoms with Gasteiger partial charge in [-0.2, -0.15) is 0 Å². The Kier molecular flexibility index (Phi) is 6.82. The molecule has 0 heterocycles. The fourth-order valence-corrected chi connectivity index (χ4v) is 2.86. The summed E-state index contributed by atoms with van der Waals surface area (Å²) >= 11 is 8.13. The van der Waals surface area contributed by atoms with Crippen molar-refractivity contribution in [3.8, 4) is 0 Å². The molecule has 0 bridgehead atoms. The molecular formula is C13H17ClLiOP. The van der Waals surface area contributed by atoms with Gasteiger partial charge in [0, 0.05) is 5.56 Å². The first-order valence-electron chi connectivity index (χ1n) is 6.07. The average molecular weight is 263 g/mol. The predicted octanol–water partition coefficient (Wildman–Crippen LogP) is 4.18. The summed E-state index contributed by atoms with van der Waals surface area (Å²) in [6, 6.07) is 5.41. The second kappa shape index (κ2) is 7.60. The molecule has 1 aromatic carbocycles. The molecule has 0 aromatic heterocycles. The molecule has 0 radical (unpaired) electrons. The molecule has 1 saturated carbocycles. The molecule has 1 aliphatic carbocycles. The van der Waals surface area contributed by atoms with Gasteiger partial charge in [0.2, 0.25) is 0 Å². The van der Waals surface area contributed by atoms with E-state index in [4.69, 9.17) is 11.6 Å². The molecule has 88 valence electrons. The molecule has 0 saturated heterocycles. The Morgan fingerprint density at radius 2 is 2.00 bits per heavy atom. The van der Waals surface area contributed by atoms with Gasteiger partial charge in [0.05, 0.1) is 5.02 Å². The van der Waals surface area contributed by atoms with Crippen LogP contribution in [0.5, 0.6) is 0 Å². The number of hydrogen-bond donors (Lipinski definition) is 0. The molecule has 0 N–H and O–H groups in total. The third-order valence-corrected chi connectivity index (χ3v) is 3.72. The zero-order chi connectivity index (χ0) is 12.8. The van der Waals surface area contributed by atoms with Gasteiger partial charge < -0.3 is 0 Å². The van der Waals surface area contributed by atoms with Crippen molar-refractivity contribution in [3.05, 3.63) is 34.3 Å². The van der Waals surface area contributed by atoms with Crippen molar-refractivity contribution in [2.24, 2.45) is 0 Å².